The zero-order valence-electron chi connectivity index (χ0n) is 13.7. The molecule has 0 saturated carbocycles. The molecular weight excluding hydrogens is 356 g/mol. The molecule has 0 aliphatic rings. The summed E-state index contributed by atoms with van der Waals surface area (Å²) in [4.78, 5) is 30.8. The van der Waals surface area contributed by atoms with Crippen LogP contribution in [0.15, 0.2) is 23.0 Å². The zero-order valence-corrected chi connectivity index (χ0v) is 14.5. The molecule has 0 spiro atoms. The molecule has 130 valence electrons. The number of hydrogen-bond donors (Lipinski definition) is 1. The lowest BCUT2D eigenvalue weighted by molar-refractivity contribution is -0.398. The molecule has 1 aromatic carbocycles. The number of aryl methyl sites for hydroxylation is 2. The van der Waals surface area contributed by atoms with Gasteiger partial charge in [0.15, 0.2) is 5.82 Å². The van der Waals surface area contributed by atoms with Crippen LogP contribution in [0.4, 0.5) is 5.69 Å². The van der Waals surface area contributed by atoms with E-state index in [9.17, 15) is 25.3 Å². The highest BCUT2D eigenvalue weighted by atomic mass is 32.1. The number of fused-ring (bicyclic) bond motifs is 1. The first-order chi connectivity index (χ1) is 12.3. The smallest absolute Gasteiger partial charge is 0.262 e. The minimum absolute atomic E-state index is 0.0284. The van der Waals surface area contributed by atoms with Gasteiger partial charge in [-0.05, 0) is 36.8 Å². The molecule has 0 atom stereocenters. The van der Waals surface area contributed by atoms with Crippen LogP contribution in [0.2, 0.25) is 0 Å². The number of benzene rings is 1. The third-order valence-electron chi connectivity index (χ3n) is 3.91. The Labute approximate surface area is 150 Å². The quantitative estimate of drug-likeness (QED) is 0.429. The number of nitrogens with one attached hydrogen (secondary N) is 1. The first-order valence-electron chi connectivity index (χ1n) is 7.39. The molecule has 3 aromatic rings. The van der Waals surface area contributed by atoms with E-state index in [4.69, 9.17) is 0 Å². The summed E-state index contributed by atoms with van der Waals surface area (Å²) in [6.07, 6.45) is 1.34. The van der Waals surface area contributed by atoms with E-state index < -0.39 is 16.4 Å². The van der Waals surface area contributed by atoms with Gasteiger partial charge in [0.2, 0.25) is 0 Å². The lowest BCUT2D eigenvalue weighted by Crippen LogP contribution is -2.10. The summed E-state index contributed by atoms with van der Waals surface area (Å²) in [5.74, 6) is -0.650. The molecule has 0 bridgehead atoms. The van der Waals surface area contributed by atoms with Gasteiger partial charge in [0.1, 0.15) is 10.9 Å². The van der Waals surface area contributed by atoms with E-state index in [1.807, 2.05) is 19.9 Å². The van der Waals surface area contributed by atoms with Crippen molar-refractivity contribution in [2.75, 3.05) is 0 Å². The van der Waals surface area contributed by atoms with Gasteiger partial charge in [0.25, 0.3) is 11.2 Å². The van der Waals surface area contributed by atoms with Crippen molar-refractivity contribution in [2.24, 2.45) is 0 Å². The Morgan fingerprint density at radius 3 is 2.81 bits per heavy atom. The van der Waals surface area contributed by atoms with E-state index in [0.717, 1.165) is 22.6 Å². The van der Waals surface area contributed by atoms with E-state index in [1.54, 1.807) is 0 Å². The predicted octanol–water partition coefficient (Wildman–Crippen LogP) is 2.65. The fourth-order valence-corrected chi connectivity index (χ4v) is 3.50. The van der Waals surface area contributed by atoms with Crippen LogP contribution in [-0.2, 0) is 0 Å². The Balaban J connectivity index is 2.16. The number of thiophene rings is 1. The minimum atomic E-state index is -0.783. The highest BCUT2D eigenvalue weighted by Crippen LogP contribution is 2.28. The Kier molecular flexibility index (Phi) is 4.28. The number of hydrogen-bond acceptors (Lipinski definition) is 7. The van der Waals surface area contributed by atoms with Crippen molar-refractivity contribution >= 4 is 38.9 Å². The van der Waals surface area contributed by atoms with E-state index in [2.05, 4.69) is 9.97 Å². The molecule has 0 radical (unpaired) electrons. The molecule has 0 aliphatic carbocycles. The Morgan fingerprint density at radius 1 is 1.42 bits per heavy atom. The van der Waals surface area contributed by atoms with Gasteiger partial charge in [-0.25, -0.2) is 4.98 Å². The molecule has 0 amide bonds. The van der Waals surface area contributed by atoms with Crippen molar-refractivity contribution in [2.45, 2.75) is 13.8 Å². The first kappa shape index (κ1) is 17.3. The molecular formula is C17H11N4O4S-. The number of rotatable bonds is 3. The van der Waals surface area contributed by atoms with Crippen molar-refractivity contribution in [3.05, 3.63) is 60.5 Å². The molecule has 9 heteroatoms. The van der Waals surface area contributed by atoms with Gasteiger partial charge in [0.05, 0.1) is 15.9 Å². The average Bonchev–Trinajstić information content (AvgIpc) is 2.88. The highest BCUT2D eigenvalue weighted by molar-refractivity contribution is 7.18. The molecule has 8 nitrogen and oxygen atoms in total. The molecule has 0 fully saturated rings. The summed E-state index contributed by atoms with van der Waals surface area (Å²) in [6.45, 7) is 3.71. The second kappa shape index (κ2) is 6.42. The fraction of sp³-hybridized carbons (Fsp3) is 0.118. The van der Waals surface area contributed by atoms with Crippen LogP contribution in [0.5, 0.6) is 5.75 Å². The van der Waals surface area contributed by atoms with Crippen LogP contribution in [0, 0.1) is 35.3 Å². The van der Waals surface area contributed by atoms with Crippen LogP contribution in [0.25, 0.3) is 21.9 Å². The number of nitro groups is 1. The van der Waals surface area contributed by atoms with Gasteiger partial charge >= 0.3 is 0 Å². The SMILES string of the molecule is Cc1sc2nc(/C(C#N)=C/c3ccc([O-])c([N+](=O)[O-])c3)[nH]c(=O)c2c1C. The maximum Gasteiger partial charge on any atom is 0.262 e. The molecule has 2 aromatic heterocycles. The molecule has 1 N–H and O–H groups in total. The molecule has 26 heavy (non-hydrogen) atoms. The standard InChI is InChI=1S/C17H12N4O4S/c1-8-9(2)26-17-14(8)16(23)19-15(20-17)11(7-18)5-10-3-4-13(22)12(6-10)21(24)25/h3-6,22H,1-2H3,(H,19,20,23)/p-1/b11-5+. The number of nitro benzene ring substituents is 1. The van der Waals surface area contributed by atoms with Gasteiger partial charge in [-0.1, -0.05) is 12.1 Å². The summed E-state index contributed by atoms with van der Waals surface area (Å²) in [6, 6.07) is 5.43. The van der Waals surface area contributed by atoms with E-state index in [0.29, 0.717) is 10.2 Å². The first-order valence-corrected chi connectivity index (χ1v) is 8.21. The van der Waals surface area contributed by atoms with Gasteiger partial charge in [-0.15, -0.1) is 11.3 Å². The monoisotopic (exact) mass is 367 g/mol. The minimum Gasteiger partial charge on any atom is -0.868 e. The van der Waals surface area contributed by atoms with E-state index in [-0.39, 0.29) is 22.5 Å². The number of aromatic nitrogens is 2. The zero-order chi connectivity index (χ0) is 19.0. The molecule has 2 heterocycles. The molecule has 3 rings (SSSR count). The Bertz CT molecular complexity index is 1180. The summed E-state index contributed by atoms with van der Waals surface area (Å²) < 4.78 is 0. The topological polar surface area (TPSA) is 136 Å². The highest BCUT2D eigenvalue weighted by Gasteiger charge is 2.14. The summed E-state index contributed by atoms with van der Waals surface area (Å²) in [5.41, 5.74) is 0.218. The number of nitrogens with zero attached hydrogens (tertiary/aromatic N) is 3. The van der Waals surface area contributed by atoms with E-state index in [1.165, 1.54) is 23.5 Å². The third-order valence-corrected chi connectivity index (χ3v) is 5.01. The third kappa shape index (κ3) is 2.94. The van der Waals surface area contributed by atoms with Crippen LogP contribution >= 0.6 is 11.3 Å². The maximum atomic E-state index is 12.3. The largest absolute Gasteiger partial charge is 0.868 e. The number of allylic oxidation sites excluding steroid dienone is 1. The van der Waals surface area contributed by atoms with Crippen LogP contribution < -0.4 is 10.7 Å². The molecule has 0 saturated heterocycles. The molecule has 0 aliphatic heterocycles. The molecule has 0 unspecified atom stereocenters. The maximum absolute atomic E-state index is 12.3. The fourth-order valence-electron chi connectivity index (χ4n) is 2.47. The van der Waals surface area contributed by atoms with Crippen molar-refractivity contribution in [3.8, 4) is 11.8 Å². The Hall–Kier alpha value is -3.51. The normalized spacial score (nSPS) is 11.5. The summed E-state index contributed by atoms with van der Waals surface area (Å²) in [5, 5.41) is 32.3. The van der Waals surface area contributed by atoms with Gasteiger partial charge in [0, 0.05) is 10.9 Å². The van der Waals surface area contributed by atoms with Crippen LogP contribution in [0.1, 0.15) is 21.8 Å². The van der Waals surface area contributed by atoms with Crippen molar-refractivity contribution < 1.29 is 10.0 Å². The van der Waals surface area contributed by atoms with Gasteiger partial charge in [-0.3, -0.25) is 14.9 Å². The Morgan fingerprint density at radius 2 is 2.15 bits per heavy atom. The van der Waals surface area contributed by atoms with Crippen LogP contribution in [-0.4, -0.2) is 14.9 Å². The lowest BCUT2D eigenvalue weighted by atomic mass is 10.1. The van der Waals surface area contributed by atoms with Crippen molar-refractivity contribution in [1.82, 2.24) is 9.97 Å². The average molecular weight is 367 g/mol. The summed E-state index contributed by atoms with van der Waals surface area (Å²) in [7, 11) is 0. The van der Waals surface area contributed by atoms with Gasteiger partial charge in [-0.2, -0.15) is 5.26 Å². The number of H-pyrrole nitrogens is 1. The van der Waals surface area contributed by atoms with E-state index >= 15 is 0 Å². The van der Waals surface area contributed by atoms with Crippen molar-refractivity contribution in [3.63, 3.8) is 0 Å². The summed E-state index contributed by atoms with van der Waals surface area (Å²) >= 11 is 1.35. The second-order valence-electron chi connectivity index (χ2n) is 5.53. The number of aromatic amines is 1. The van der Waals surface area contributed by atoms with Crippen molar-refractivity contribution in [1.29, 1.82) is 5.26 Å². The number of nitriles is 1. The lowest BCUT2D eigenvalue weighted by Gasteiger charge is -2.06. The van der Waals surface area contributed by atoms with Gasteiger partial charge < -0.3 is 10.1 Å². The van der Waals surface area contributed by atoms with Crippen LogP contribution in [0.3, 0.4) is 0 Å². The second-order valence-corrected chi connectivity index (χ2v) is 6.74. The predicted molar refractivity (Wildman–Crippen MR) is 95.7 cm³/mol.